The monoisotopic (exact) mass is 355 g/mol. The van der Waals surface area contributed by atoms with Crippen molar-refractivity contribution in [2.75, 3.05) is 20.6 Å². The van der Waals surface area contributed by atoms with Crippen molar-refractivity contribution < 1.29 is 5.11 Å². The Kier molecular flexibility index (Phi) is 4.71. The summed E-state index contributed by atoms with van der Waals surface area (Å²) in [7, 11) is 4.12. The van der Waals surface area contributed by atoms with Gasteiger partial charge >= 0.3 is 0 Å². The fourth-order valence-electron chi connectivity index (χ4n) is 4.24. The number of aromatic nitrogens is 2. The van der Waals surface area contributed by atoms with Crippen LogP contribution in [0, 0.1) is 17.8 Å². The van der Waals surface area contributed by atoms with Gasteiger partial charge in [0.25, 0.3) is 0 Å². The lowest BCUT2D eigenvalue weighted by atomic mass is 9.84. The van der Waals surface area contributed by atoms with Crippen molar-refractivity contribution in [3.63, 3.8) is 0 Å². The first-order valence-corrected chi connectivity index (χ1v) is 8.88. The molecule has 5 heteroatoms. The van der Waals surface area contributed by atoms with Gasteiger partial charge < -0.3 is 10.0 Å². The molecule has 2 aliphatic rings. The molecule has 0 aromatic carbocycles. The maximum absolute atomic E-state index is 10.7. The molecule has 21 heavy (non-hydrogen) atoms. The largest absolute Gasteiger partial charge is 0.387 e. The maximum atomic E-state index is 10.7. The molecule has 1 heterocycles. The third kappa shape index (κ3) is 3.35. The van der Waals surface area contributed by atoms with Crippen LogP contribution in [-0.4, -0.2) is 40.4 Å². The Bertz CT molecular complexity index is 488. The molecule has 1 aromatic rings. The molecular weight excluding hydrogens is 330 g/mol. The Morgan fingerprint density at radius 3 is 2.86 bits per heavy atom. The molecular formula is C16H26BrN3O. The van der Waals surface area contributed by atoms with Crippen molar-refractivity contribution in [1.29, 1.82) is 0 Å². The number of hydrogen-bond donors (Lipinski definition) is 1. The molecule has 4 nitrogen and oxygen atoms in total. The van der Waals surface area contributed by atoms with Crippen molar-refractivity contribution in [1.82, 2.24) is 14.7 Å². The van der Waals surface area contributed by atoms with Gasteiger partial charge in [-0.25, -0.2) is 0 Å². The topological polar surface area (TPSA) is 41.3 Å². The highest BCUT2D eigenvalue weighted by Gasteiger charge is 2.40. The number of fused-ring (bicyclic) bond motifs is 2. The van der Waals surface area contributed by atoms with Gasteiger partial charge in [0.2, 0.25) is 0 Å². The molecule has 0 saturated heterocycles. The molecule has 2 aliphatic carbocycles. The third-order valence-electron chi connectivity index (χ3n) is 5.32. The van der Waals surface area contributed by atoms with E-state index in [-0.39, 0.29) is 0 Å². The Morgan fingerprint density at radius 2 is 2.24 bits per heavy atom. The predicted octanol–water partition coefficient (Wildman–Crippen LogP) is 3.07. The molecule has 0 amide bonds. The standard InChI is InChI=1S/C16H26BrN3O/c1-19(2)5-6-20-16(14(17)10-18-20)15(21)9-13-8-11-3-4-12(13)7-11/h10-13,15,21H,3-9H2,1-2H3. The van der Waals surface area contributed by atoms with E-state index >= 15 is 0 Å². The van der Waals surface area contributed by atoms with E-state index in [9.17, 15) is 5.11 Å². The van der Waals surface area contributed by atoms with Crippen LogP contribution in [0.1, 0.15) is 43.9 Å². The zero-order valence-electron chi connectivity index (χ0n) is 13.0. The summed E-state index contributed by atoms with van der Waals surface area (Å²) in [6.07, 6.45) is 7.84. The molecule has 0 aliphatic heterocycles. The van der Waals surface area contributed by atoms with Crippen LogP contribution < -0.4 is 0 Å². The number of nitrogens with zero attached hydrogens (tertiary/aromatic N) is 3. The summed E-state index contributed by atoms with van der Waals surface area (Å²) in [5.41, 5.74) is 0.958. The lowest BCUT2D eigenvalue weighted by Gasteiger charge is -2.25. The van der Waals surface area contributed by atoms with Crippen LogP contribution in [0.2, 0.25) is 0 Å². The minimum Gasteiger partial charge on any atom is -0.387 e. The maximum Gasteiger partial charge on any atom is 0.0970 e. The van der Waals surface area contributed by atoms with Crippen LogP contribution in [0.3, 0.4) is 0 Å². The van der Waals surface area contributed by atoms with Gasteiger partial charge in [0, 0.05) is 6.54 Å². The summed E-state index contributed by atoms with van der Waals surface area (Å²) in [4.78, 5) is 2.14. The minimum absolute atomic E-state index is 0.395. The summed E-state index contributed by atoms with van der Waals surface area (Å²) in [5, 5.41) is 15.1. The summed E-state index contributed by atoms with van der Waals surface area (Å²) >= 11 is 3.56. The summed E-state index contributed by atoms with van der Waals surface area (Å²) < 4.78 is 2.90. The van der Waals surface area contributed by atoms with Gasteiger partial charge in [-0.15, -0.1) is 0 Å². The van der Waals surface area contributed by atoms with Crippen LogP contribution in [0.5, 0.6) is 0 Å². The van der Waals surface area contributed by atoms with Crippen LogP contribution in [0.15, 0.2) is 10.7 Å². The van der Waals surface area contributed by atoms with E-state index in [4.69, 9.17) is 0 Å². The fourth-order valence-corrected chi connectivity index (χ4v) is 4.80. The molecule has 118 valence electrons. The second-order valence-corrected chi connectivity index (χ2v) is 7.94. The van der Waals surface area contributed by atoms with Crippen LogP contribution in [-0.2, 0) is 6.54 Å². The van der Waals surface area contributed by atoms with Crippen molar-refractivity contribution in [2.24, 2.45) is 17.8 Å². The van der Waals surface area contributed by atoms with Crippen molar-refractivity contribution in [3.05, 3.63) is 16.4 Å². The third-order valence-corrected chi connectivity index (χ3v) is 5.93. The van der Waals surface area contributed by atoms with E-state index in [1.807, 2.05) is 10.9 Å². The van der Waals surface area contributed by atoms with Gasteiger partial charge in [0.1, 0.15) is 0 Å². The van der Waals surface area contributed by atoms with E-state index < -0.39 is 6.10 Å². The zero-order valence-corrected chi connectivity index (χ0v) is 14.6. The Morgan fingerprint density at radius 1 is 1.43 bits per heavy atom. The number of aliphatic hydroxyl groups excluding tert-OH is 1. The summed E-state index contributed by atoms with van der Waals surface area (Å²) in [5.74, 6) is 2.51. The van der Waals surface area contributed by atoms with E-state index in [1.54, 1.807) is 0 Å². The van der Waals surface area contributed by atoms with Gasteiger partial charge in [-0.2, -0.15) is 5.10 Å². The Labute approximate surface area is 135 Å². The molecule has 3 rings (SSSR count). The zero-order chi connectivity index (χ0) is 15.0. The number of aliphatic hydroxyl groups is 1. The number of hydrogen-bond acceptors (Lipinski definition) is 3. The average Bonchev–Trinajstić information content (AvgIpc) is 3.11. The highest BCUT2D eigenvalue weighted by Crippen LogP contribution is 2.51. The molecule has 0 spiro atoms. The molecule has 2 bridgehead atoms. The van der Waals surface area contributed by atoms with Crippen molar-refractivity contribution in [3.8, 4) is 0 Å². The molecule has 0 radical (unpaired) electrons. The lowest BCUT2D eigenvalue weighted by Crippen LogP contribution is -2.22. The van der Waals surface area contributed by atoms with Gasteiger partial charge in [0.05, 0.1) is 29.0 Å². The number of likely N-dealkylation sites (N-methyl/N-ethyl adjacent to an activating group) is 1. The van der Waals surface area contributed by atoms with Crippen molar-refractivity contribution in [2.45, 2.75) is 44.8 Å². The molecule has 1 aromatic heterocycles. The molecule has 2 fully saturated rings. The molecule has 4 unspecified atom stereocenters. The summed E-state index contributed by atoms with van der Waals surface area (Å²) in [6, 6.07) is 0. The first-order chi connectivity index (χ1) is 10.0. The summed E-state index contributed by atoms with van der Waals surface area (Å²) in [6.45, 7) is 1.75. The Balaban J connectivity index is 1.66. The van der Waals surface area contributed by atoms with Gasteiger partial charge in [-0.1, -0.05) is 6.42 Å². The second-order valence-electron chi connectivity index (χ2n) is 7.09. The average molecular weight is 356 g/mol. The van der Waals surface area contributed by atoms with E-state index in [2.05, 4.69) is 40.0 Å². The number of rotatable bonds is 6. The van der Waals surface area contributed by atoms with Gasteiger partial charge in [0.15, 0.2) is 0 Å². The highest BCUT2D eigenvalue weighted by molar-refractivity contribution is 9.10. The quantitative estimate of drug-likeness (QED) is 0.852. The van der Waals surface area contributed by atoms with E-state index in [0.717, 1.165) is 41.5 Å². The minimum atomic E-state index is -0.395. The van der Waals surface area contributed by atoms with Gasteiger partial charge in [-0.05, 0) is 73.5 Å². The molecule has 4 atom stereocenters. The Hall–Kier alpha value is -0.390. The first-order valence-electron chi connectivity index (χ1n) is 8.08. The highest BCUT2D eigenvalue weighted by atomic mass is 79.9. The second kappa shape index (κ2) is 6.39. The normalized spacial score (nSPS) is 29.5. The van der Waals surface area contributed by atoms with E-state index in [0.29, 0.717) is 5.92 Å². The van der Waals surface area contributed by atoms with Crippen LogP contribution in [0.25, 0.3) is 0 Å². The lowest BCUT2D eigenvalue weighted by molar-refractivity contribution is 0.116. The molecule has 1 N–H and O–H groups in total. The first kappa shape index (κ1) is 15.5. The number of halogens is 1. The van der Waals surface area contributed by atoms with Crippen LogP contribution >= 0.6 is 15.9 Å². The fraction of sp³-hybridized carbons (Fsp3) is 0.812. The van der Waals surface area contributed by atoms with E-state index in [1.165, 1.54) is 25.7 Å². The predicted molar refractivity (Wildman–Crippen MR) is 87.0 cm³/mol. The molecule has 2 saturated carbocycles. The SMILES string of the molecule is CN(C)CCn1ncc(Br)c1C(O)CC1CC2CCC1C2. The van der Waals surface area contributed by atoms with Crippen LogP contribution in [0.4, 0.5) is 0 Å². The van der Waals surface area contributed by atoms with Crippen molar-refractivity contribution >= 4 is 15.9 Å². The van der Waals surface area contributed by atoms with Gasteiger partial charge in [-0.3, -0.25) is 4.68 Å². The smallest absolute Gasteiger partial charge is 0.0970 e.